The number of nitrogens with one attached hydrogen (secondary N) is 1. The van der Waals surface area contributed by atoms with Crippen LogP contribution in [0.25, 0.3) is 10.8 Å². The number of rotatable bonds is 3. The summed E-state index contributed by atoms with van der Waals surface area (Å²) >= 11 is 0. The van der Waals surface area contributed by atoms with Crippen LogP contribution in [0.2, 0.25) is 0 Å². The average Bonchev–Trinajstić information content (AvgIpc) is 2.49. The zero-order valence-corrected chi connectivity index (χ0v) is 11.8. The van der Waals surface area contributed by atoms with Crippen molar-refractivity contribution >= 4 is 16.5 Å². The molecule has 0 amide bonds. The van der Waals surface area contributed by atoms with E-state index >= 15 is 0 Å². The van der Waals surface area contributed by atoms with Crippen molar-refractivity contribution in [2.45, 2.75) is 19.9 Å². The van der Waals surface area contributed by atoms with E-state index in [0.29, 0.717) is 0 Å². The van der Waals surface area contributed by atoms with E-state index in [2.05, 4.69) is 65.8 Å². The van der Waals surface area contributed by atoms with E-state index in [-0.39, 0.29) is 6.04 Å². The van der Waals surface area contributed by atoms with Crippen molar-refractivity contribution in [3.05, 3.63) is 72.1 Å². The number of hydrogen-bond acceptors (Lipinski definition) is 2. The van der Waals surface area contributed by atoms with Crippen LogP contribution in [-0.2, 0) is 0 Å². The van der Waals surface area contributed by atoms with E-state index in [9.17, 15) is 0 Å². The van der Waals surface area contributed by atoms with Crippen LogP contribution < -0.4 is 5.32 Å². The molecule has 0 radical (unpaired) electrons. The van der Waals surface area contributed by atoms with Gasteiger partial charge >= 0.3 is 0 Å². The lowest BCUT2D eigenvalue weighted by Crippen LogP contribution is -2.07. The van der Waals surface area contributed by atoms with Gasteiger partial charge in [-0.2, -0.15) is 0 Å². The molecule has 20 heavy (non-hydrogen) atoms. The monoisotopic (exact) mass is 262 g/mol. The van der Waals surface area contributed by atoms with Gasteiger partial charge in [-0.05, 0) is 42.3 Å². The lowest BCUT2D eigenvalue weighted by atomic mass is 9.99. The molecule has 1 atom stereocenters. The zero-order valence-electron chi connectivity index (χ0n) is 11.8. The fraction of sp³-hybridized carbons (Fsp3) is 0.167. The number of fused-ring (bicyclic) bond motifs is 1. The van der Waals surface area contributed by atoms with Crippen LogP contribution in [0.5, 0.6) is 0 Å². The van der Waals surface area contributed by atoms with Crippen LogP contribution in [0.1, 0.15) is 24.2 Å². The molecule has 3 rings (SSSR count). The van der Waals surface area contributed by atoms with E-state index in [1.807, 2.05) is 19.2 Å². The van der Waals surface area contributed by atoms with Crippen LogP contribution in [0.15, 0.2) is 60.8 Å². The van der Waals surface area contributed by atoms with Gasteiger partial charge in [0.25, 0.3) is 0 Å². The molecule has 2 nitrogen and oxygen atoms in total. The maximum absolute atomic E-state index is 4.33. The van der Waals surface area contributed by atoms with Crippen molar-refractivity contribution in [1.29, 1.82) is 0 Å². The minimum atomic E-state index is 0.241. The summed E-state index contributed by atoms with van der Waals surface area (Å²) in [5, 5.41) is 6.09. The van der Waals surface area contributed by atoms with Gasteiger partial charge in [-0.3, -0.25) is 4.98 Å². The highest BCUT2D eigenvalue weighted by molar-refractivity contribution is 5.86. The van der Waals surface area contributed by atoms with Gasteiger partial charge in [-0.1, -0.05) is 42.5 Å². The minimum absolute atomic E-state index is 0.241. The largest absolute Gasteiger partial charge is 0.377 e. The highest BCUT2D eigenvalue weighted by Crippen LogP contribution is 2.26. The number of aryl methyl sites for hydroxylation is 1. The number of anilines is 1. The van der Waals surface area contributed by atoms with Crippen molar-refractivity contribution in [3.8, 4) is 0 Å². The summed E-state index contributed by atoms with van der Waals surface area (Å²) in [4.78, 5) is 4.33. The predicted octanol–water partition coefficient (Wildman–Crippen LogP) is 4.72. The molecule has 0 aliphatic heterocycles. The van der Waals surface area contributed by atoms with Crippen LogP contribution in [-0.4, -0.2) is 4.98 Å². The molecule has 0 aliphatic rings. The lowest BCUT2D eigenvalue weighted by Gasteiger charge is -2.17. The quantitative estimate of drug-likeness (QED) is 0.739. The first-order valence-corrected chi connectivity index (χ1v) is 6.91. The third-order valence-corrected chi connectivity index (χ3v) is 3.58. The van der Waals surface area contributed by atoms with Crippen molar-refractivity contribution in [3.63, 3.8) is 0 Å². The number of aromatic nitrogens is 1. The second-order valence-electron chi connectivity index (χ2n) is 5.12. The molecule has 1 aromatic heterocycles. The Balaban J connectivity index is 1.92. The molecule has 0 saturated heterocycles. The van der Waals surface area contributed by atoms with E-state index < -0.39 is 0 Å². The maximum atomic E-state index is 4.33. The average molecular weight is 262 g/mol. The van der Waals surface area contributed by atoms with Crippen molar-refractivity contribution in [2.24, 2.45) is 0 Å². The highest BCUT2D eigenvalue weighted by Gasteiger charge is 2.08. The van der Waals surface area contributed by atoms with E-state index in [4.69, 9.17) is 0 Å². The summed E-state index contributed by atoms with van der Waals surface area (Å²) in [6, 6.07) is 19.3. The van der Waals surface area contributed by atoms with E-state index in [0.717, 1.165) is 11.4 Å². The number of benzene rings is 2. The van der Waals surface area contributed by atoms with Gasteiger partial charge in [-0.15, -0.1) is 0 Å². The molecule has 0 fully saturated rings. The first kappa shape index (κ1) is 12.7. The molecule has 3 aromatic rings. The Hall–Kier alpha value is -2.35. The summed E-state index contributed by atoms with van der Waals surface area (Å²) in [5.74, 6) is 0. The van der Waals surface area contributed by atoms with Gasteiger partial charge in [-0.25, -0.2) is 0 Å². The summed E-state index contributed by atoms with van der Waals surface area (Å²) < 4.78 is 0. The SMILES string of the molecule is Cc1ccc(NC(C)c2cccc3ccccc23)cn1. The predicted molar refractivity (Wildman–Crippen MR) is 85.0 cm³/mol. The third kappa shape index (κ3) is 2.50. The Morgan fingerprint density at radius 3 is 2.55 bits per heavy atom. The third-order valence-electron chi connectivity index (χ3n) is 3.58. The van der Waals surface area contributed by atoms with Crippen molar-refractivity contribution in [1.82, 2.24) is 4.98 Å². The Kier molecular flexibility index (Phi) is 3.38. The molecule has 0 aliphatic carbocycles. The smallest absolute Gasteiger partial charge is 0.0531 e. The summed E-state index contributed by atoms with van der Waals surface area (Å²) in [6.45, 7) is 4.18. The van der Waals surface area contributed by atoms with Crippen LogP contribution in [0.4, 0.5) is 5.69 Å². The molecule has 100 valence electrons. The summed E-state index contributed by atoms with van der Waals surface area (Å²) in [7, 11) is 0. The molecular weight excluding hydrogens is 244 g/mol. The molecule has 2 aromatic carbocycles. The summed E-state index contributed by atoms with van der Waals surface area (Å²) in [6.07, 6.45) is 1.89. The highest BCUT2D eigenvalue weighted by atomic mass is 14.9. The number of nitrogens with zero attached hydrogens (tertiary/aromatic N) is 1. The van der Waals surface area contributed by atoms with E-state index in [1.54, 1.807) is 0 Å². The van der Waals surface area contributed by atoms with Gasteiger partial charge < -0.3 is 5.32 Å². The first-order valence-electron chi connectivity index (χ1n) is 6.91. The minimum Gasteiger partial charge on any atom is -0.377 e. The first-order chi connectivity index (χ1) is 9.74. The normalized spacial score (nSPS) is 12.3. The van der Waals surface area contributed by atoms with Gasteiger partial charge in [0.05, 0.1) is 11.9 Å². The Labute approximate surface area is 119 Å². The van der Waals surface area contributed by atoms with Crippen LogP contribution in [0.3, 0.4) is 0 Å². The zero-order chi connectivity index (χ0) is 13.9. The summed E-state index contributed by atoms with van der Waals surface area (Å²) in [5.41, 5.74) is 3.40. The molecule has 2 heteroatoms. The van der Waals surface area contributed by atoms with Crippen LogP contribution >= 0.6 is 0 Å². The van der Waals surface area contributed by atoms with Gasteiger partial charge in [0.1, 0.15) is 0 Å². The van der Waals surface area contributed by atoms with Crippen molar-refractivity contribution in [2.75, 3.05) is 5.32 Å². The molecular formula is C18H18N2. The lowest BCUT2D eigenvalue weighted by molar-refractivity contribution is 0.892. The topological polar surface area (TPSA) is 24.9 Å². The number of pyridine rings is 1. The fourth-order valence-electron chi connectivity index (χ4n) is 2.51. The maximum Gasteiger partial charge on any atom is 0.0531 e. The Morgan fingerprint density at radius 2 is 1.75 bits per heavy atom. The molecule has 0 spiro atoms. The van der Waals surface area contributed by atoms with Crippen LogP contribution in [0, 0.1) is 6.92 Å². The number of hydrogen-bond donors (Lipinski definition) is 1. The van der Waals surface area contributed by atoms with Crippen molar-refractivity contribution < 1.29 is 0 Å². The van der Waals surface area contributed by atoms with E-state index in [1.165, 1.54) is 16.3 Å². The van der Waals surface area contributed by atoms with Gasteiger partial charge in [0.15, 0.2) is 0 Å². The molecule has 0 bridgehead atoms. The molecule has 0 saturated carbocycles. The van der Waals surface area contributed by atoms with Gasteiger partial charge in [0, 0.05) is 11.7 Å². The second-order valence-corrected chi connectivity index (χ2v) is 5.12. The standard InChI is InChI=1S/C18H18N2/c1-13-10-11-16(12-19-13)20-14(2)17-9-5-7-15-6-3-4-8-18(15)17/h3-12,14,20H,1-2H3. The fourth-order valence-corrected chi connectivity index (χ4v) is 2.51. The second kappa shape index (κ2) is 5.33. The Morgan fingerprint density at radius 1 is 0.950 bits per heavy atom. The van der Waals surface area contributed by atoms with Gasteiger partial charge in [0.2, 0.25) is 0 Å². The Bertz CT molecular complexity index is 712. The molecule has 1 heterocycles. The molecule has 1 N–H and O–H groups in total. The molecule has 1 unspecified atom stereocenters.